The lowest BCUT2D eigenvalue weighted by Gasteiger charge is -2.10. The van der Waals surface area contributed by atoms with Gasteiger partial charge < -0.3 is 5.73 Å². The number of benzene rings is 1. The third-order valence-corrected chi connectivity index (χ3v) is 3.88. The van der Waals surface area contributed by atoms with E-state index in [0.29, 0.717) is 11.3 Å². The van der Waals surface area contributed by atoms with E-state index < -0.39 is 15.3 Å². The molecule has 0 spiro atoms. The van der Waals surface area contributed by atoms with Gasteiger partial charge in [-0.15, -0.1) is 0 Å². The first kappa shape index (κ1) is 15.0. The highest BCUT2D eigenvalue weighted by molar-refractivity contribution is 7.93. The van der Waals surface area contributed by atoms with Crippen molar-refractivity contribution in [3.8, 4) is 17.9 Å². The van der Waals surface area contributed by atoms with Crippen molar-refractivity contribution in [2.45, 2.75) is 19.1 Å². The molecule has 1 aromatic carbocycles. The number of hydrogen-bond acceptors (Lipinski definition) is 4. The average Bonchev–Trinajstić information content (AvgIpc) is 2.34. The summed E-state index contributed by atoms with van der Waals surface area (Å²) in [7, 11) is -3.70. The number of nitrogens with one attached hydrogen (secondary N) is 1. The van der Waals surface area contributed by atoms with Crippen molar-refractivity contribution >= 4 is 15.7 Å². The van der Waals surface area contributed by atoms with Crippen LogP contribution in [0.4, 0.5) is 5.69 Å². The van der Waals surface area contributed by atoms with E-state index in [0.717, 1.165) is 5.56 Å². The van der Waals surface area contributed by atoms with Gasteiger partial charge >= 0.3 is 0 Å². The van der Waals surface area contributed by atoms with Crippen LogP contribution in [0.2, 0.25) is 0 Å². The molecule has 0 aromatic heterocycles. The molecule has 1 atom stereocenters. The highest BCUT2D eigenvalue weighted by Gasteiger charge is 2.20. The van der Waals surface area contributed by atoms with Crippen LogP contribution in [0.15, 0.2) is 18.2 Å². The Kier molecular flexibility index (Phi) is 4.94. The lowest BCUT2D eigenvalue weighted by molar-refractivity contribution is 0.597. The zero-order valence-corrected chi connectivity index (χ0v) is 11.6. The van der Waals surface area contributed by atoms with Gasteiger partial charge in [-0.3, -0.25) is 4.72 Å². The molecule has 100 valence electrons. The fourth-order valence-electron chi connectivity index (χ4n) is 1.39. The molecule has 5 nitrogen and oxygen atoms in total. The summed E-state index contributed by atoms with van der Waals surface area (Å²) in [5, 5.41) is 7.55. The molecule has 1 rings (SSSR count). The van der Waals surface area contributed by atoms with Gasteiger partial charge in [0.2, 0.25) is 10.0 Å². The van der Waals surface area contributed by atoms with Gasteiger partial charge in [-0.25, -0.2) is 8.42 Å². The molecular weight excluding hydrogens is 262 g/mol. The summed E-state index contributed by atoms with van der Waals surface area (Å²) in [6, 6.07) is 6.81. The lowest BCUT2D eigenvalue weighted by atomic mass is 10.1. The number of aryl methyl sites for hydroxylation is 1. The molecule has 0 bridgehead atoms. The average molecular weight is 277 g/mol. The fraction of sp³-hybridized carbons (Fsp3) is 0.308. The van der Waals surface area contributed by atoms with Crippen LogP contribution in [-0.4, -0.2) is 20.2 Å². The van der Waals surface area contributed by atoms with Crippen molar-refractivity contribution in [3.05, 3.63) is 29.3 Å². The van der Waals surface area contributed by atoms with Crippen molar-refractivity contribution < 1.29 is 8.42 Å². The van der Waals surface area contributed by atoms with Gasteiger partial charge in [-0.1, -0.05) is 11.8 Å². The zero-order valence-electron chi connectivity index (χ0n) is 10.8. The molecule has 1 aromatic rings. The normalized spacial score (nSPS) is 11.9. The minimum Gasteiger partial charge on any atom is -0.320 e. The van der Waals surface area contributed by atoms with E-state index in [-0.39, 0.29) is 6.54 Å². The van der Waals surface area contributed by atoms with Gasteiger partial charge in [0.1, 0.15) is 0 Å². The van der Waals surface area contributed by atoms with E-state index in [1.165, 1.54) is 6.92 Å². The second-order valence-corrected chi connectivity index (χ2v) is 6.01. The van der Waals surface area contributed by atoms with E-state index in [9.17, 15) is 8.42 Å². The van der Waals surface area contributed by atoms with Crippen LogP contribution in [0, 0.1) is 30.1 Å². The first-order valence-corrected chi connectivity index (χ1v) is 7.15. The maximum atomic E-state index is 11.8. The fourth-order valence-corrected chi connectivity index (χ4v) is 2.15. The largest absolute Gasteiger partial charge is 0.320 e. The summed E-state index contributed by atoms with van der Waals surface area (Å²) in [5.41, 5.74) is 7.22. The minimum absolute atomic E-state index is 0.237. The molecule has 0 aliphatic carbocycles. The molecule has 0 saturated heterocycles. The highest BCUT2D eigenvalue weighted by Crippen LogP contribution is 2.16. The van der Waals surface area contributed by atoms with Crippen LogP contribution >= 0.6 is 0 Å². The molecule has 0 aliphatic rings. The predicted molar refractivity (Wildman–Crippen MR) is 74.7 cm³/mol. The summed E-state index contributed by atoms with van der Waals surface area (Å²) < 4.78 is 25.9. The molecule has 0 amide bonds. The van der Waals surface area contributed by atoms with Crippen molar-refractivity contribution in [2.24, 2.45) is 5.73 Å². The summed E-state index contributed by atoms with van der Waals surface area (Å²) in [6.45, 7) is 3.40. The Morgan fingerprint density at radius 3 is 2.68 bits per heavy atom. The van der Waals surface area contributed by atoms with E-state index in [1.54, 1.807) is 18.2 Å². The van der Waals surface area contributed by atoms with Gasteiger partial charge in [0.05, 0.1) is 18.3 Å². The number of anilines is 1. The zero-order chi connectivity index (χ0) is 14.5. The monoisotopic (exact) mass is 277 g/mol. The van der Waals surface area contributed by atoms with Gasteiger partial charge in [0.25, 0.3) is 0 Å². The molecule has 0 radical (unpaired) electrons. The molecule has 19 heavy (non-hydrogen) atoms. The summed E-state index contributed by atoms with van der Waals surface area (Å²) in [6.07, 6.45) is 0. The second-order valence-electron chi connectivity index (χ2n) is 4.01. The molecule has 0 fully saturated rings. The Bertz CT molecular complexity index is 663. The van der Waals surface area contributed by atoms with Crippen LogP contribution in [0.3, 0.4) is 0 Å². The van der Waals surface area contributed by atoms with Crippen LogP contribution in [-0.2, 0) is 10.0 Å². The van der Waals surface area contributed by atoms with Gasteiger partial charge in [-0.2, -0.15) is 5.26 Å². The Balaban J connectivity index is 3.10. The molecule has 0 saturated carbocycles. The predicted octanol–water partition coefficient (Wildman–Crippen LogP) is 0.959. The lowest BCUT2D eigenvalue weighted by Crippen LogP contribution is -2.23. The van der Waals surface area contributed by atoms with Gasteiger partial charge in [0, 0.05) is 5.56 Å². The van der Waals surface area contributed by atoms with Crippen LogP contribution in [0.5, 0.6) is 0 Å². The quantitative estimate of drug-likeness (QED) is 0.804. The van der Waals surface area contributed by atoms with Crippen molar-refractivity contribution in [3.63, 3.8) is 0 Å². The molecular formula is C13H15N3O2S. The maximum absolute atomic E-state index is 11.8. The molecule has 6 heteroatoms. The molecule has 1 unspecified atom stereocenters. The van der Waals surface area contributed by atoms with Gasteiger partial charge in [0.15, 0.2) is 5.25 Å². The summed E-state index contributed by atoms with van der Waals surface area (Å²) in [4.78, 5) is 0. The van der Waals surface area contributed by atoms with Crippen molar-refractivity contribution in [2.75, 3.05) is 11.3 Å². The van der Waals surface area contributed by atoms with Crippen molar-refractivity contribution in [1.29, 1.82) is 5.26 Å². The summed E-state index contributed by atoms with van der Waals surface area (Å²) >= 11 is 0. The number of nitrogens with zero attached hydrogens (tertiary/aromatic N) is 1. The number of hydrogen-bond donors (Lipinski definition) is 2. The first-order valence-electron chi connectivity index (χ1n) is 5.61. The molecule has 0 aliphatic heterocycles. The number of nitriles is 1. The Morgan fingerprint density at radius 1 is 1.42 bits per heavy atom. The Hall–Kier alpha value is -2.02. The third kappa shape index (κ3) is 4.29. The SMILES string of the molecule is Cc1cc(C#CCN)cc(NS(=O)(=O)C(C)C#N)c1. The van der Waals surface area contributed by atoms with Crippen LogP contribution in [0.25, 0.3) is 0 Å². The van der Waals surface area contributed by atoms with E-state index in [2.05, 4.69) is 16.6 Å². The number of rotatable bonds is 3. The van der Waals surface area contributed by atoms with Crippen molar-refractivity contribution in [1.82, 2.24) is 0 Å². The summed E-state index contributed by atoms with van der Waals surface area (Å²) in [5.74, 6) is 5.54. The van der Waals surface area contributed by atoms with E-state index in [4.69, 9.17) is 11.0 Å². The Morgan fingerprint density at radius 2 is 2.11 bits per heavy atom. The van der Waals surface area contributed by atoms with Gasteiger partial charge in [-0.05, 0) is 37.6 Å². The number of nitrogens with two attached hydrogens (primary N) is 1. The molecule has 3 N–H and O–H groups in total. The second kappa shape index (κ2) is 6.24. The topological polar surface area (TPSA) is 96.0 Å². The maximum Gasteiger partial charge on any atom is 0.248 e. The van der Waals surface area contributed by atoms with Crippen LogP contribution < -0.4 is 10.5 Å². The third-order valence-electron chi connectivity index (χ3n) is 2.32. The Labute approximate surface area is 113 Å². The minimum atomic E-state index is -3.70. The van der Waals surface area contributed by atoms with Crippen LogP contribution in [0.1, 0.15) is 18.1 Å². The number of sulfonamides is 1. The smallest absolute Gasteiger partial charge is 0.248 e. The first-order chi connectivity index (χ1) is 8.89. The van der Waals surface area contributed by atoms with E-state index in [1.807, 2.05) is 13.0 Å². The standard InChI is InChI=1S/C13H15N3O2S/c1-10-6-12(4-3-5-14)8-13(7-10)16-19(17,18)11(2)9-15/h6-8,11,16H,5,14H2,1-2H3. The highest BCUT2D eigenvalue weighted by atomic mass is 32.2. The van der Waals surface area contributed by atoms with E-state index >= 15 is 0 Å². The molecule has 0 heterocycles.